The number of pyridine rings is 1. The van der Waals surface area contributed by atoms with Crippen LogP contribution in [0.2, 0.25) is 0 Å². The molecule has 1 saturated heterocycles. The smallest absolute Gasteiger partial charge is 0.319 e. The standard InChI is InChI=1S/C20H24N6O4/c1-30-16-5-2-14(3-6-16)25-20(29)22-9-8-18(27)24-15-4-7-17(23-12-15)26-11-10-21-19(28)13-26/h2-7,12H,8-11,13H2,1H3,(H,21,28)(H,24,27)(H2,22,25,29). The maximum absolute atomic E-state index is 12.1. The van der Waals surface area contributed by atoms with E-state index in [0.29, 0.717) is 36.0 Å². The van der Waals surface area contributed by atoms with Crippen LogP contribution in [0.25, 0.3) is 0 Å². The molecule has 4 amide bonds. The number of aromatic nitrogens is 1. The first-order valence-electron chi connectivity index (χ1n) is 9.50. The predicted molar refractivity (Wildman–Crippen MR) is 113 cm³/mol. The molecule has 3 rings (SSSR count). The highest BCUT2D eigenvalue weighted by Crippen LogP contribution is 2.16. The fourth-order valence-corrected chi connectivity index (χ4v) is 2.84. The normalized spacial score (nSPS) is 13.2. The molecular formula is C20H24N6O4. The van der Waals surface area contributed by atoms with E-state index in [1.165, 1.54) is 0 Å². The number of amides is 4. The van der Waals surface area contributed by atoms with Gasteiger partial charge in [0.15, 0.2) is 0 Å². The zero-order valence-electron chi connectivity index (χ0n) is 16.6. The fourth-order valence-electron chi connectivity index (χ4n) is 2.84. The van der Waals surface area contributed by atoms with Crippen molar-refractivity contribution in [2.75, 3.05) is 48.8 Å². The Bertz CT molecular complexity index is 885. The zero-order chi connectivity index (χ0) is 21.3. The van der Waals surface area contributed by atoms with Gasteiger partial charge in [0.25, 0.3) is 0 Å². The monoisotopic (exact) mass is 412 g/mol. The highest BCUT2D eigenvalue weighted by molar-refractivity contribution is 5.92. The summed E-state index contributed by atoms with van der Waals surface area (Å²) in [5, 5.41) is 10.8. The number of methoxy groups -OCH3 is 1. The van der Waals surface area contributed by atoms with E-state index in [-0.39, 0.29) is 31.3 Å². The Morgan fingerprint density at radius 1 is 1.13 bits per heavy atom. The maximum Gasteiger partial charge on any atom is 0.319 e. The first-order chi connectivity index (χ1) is 14.5. The molecule has 0 aliphatic carbocycles. The van der Waals surface area contributed by atoms with Crippen molar-refractivity contribution in [1.82, 2.24) is 15.6 Å². The summed E-state index contributed by atoms with van der Waals surface area (Å²) in [6.07, 6.45) is 1.66. The van der Waals surface area contributed by atoms with Gasteiger partial charge in [-0.1, -0.05) is 0 Å². The van der Waals surface area contributed by atoms with Crippen molar-refractivity contribution in [3.63, 3.8) is 0 Å². The molecular weight excluding hydrogens is 388 g/mol. The van der Waals surface area contributed by atoms with Crippen LogP contribution in [0.4, 0.5) is 22.0 Å². The number of benzene rings is 1. The SMILES string of the molecule is COc1ccc(NC(=O)NCCC(=O)Nc2ccc(N3CCNC(=O)C3)nc2)cc1. The quantitative estimate of drug-likeness (QED) is 0.541. The summed E-state index contributed by atoms with van der Waals surface area (Å²) in [6, 6.07) is 10.0. The number of carbonyl (C=O) groups is 3. The van der Waals surface area contributed by atoms with E-state index < -0.39 is 6.03 Å². The summed E-state index contributed by atoms with van der Waals surface area (Å²) in [7, 11) is 1.57. The van der Waals surface area contributed by atoms with Crippen molar-refractivity contribution in [1.29, 1.82) is 0 Å². The molecule has 2 aromatic rings. The second-order valence-corrected chi connectivity index (χ2v) is 6.58. The minimum Gasteiger partial charge on any atom is -0.497 e. The van der Waals surface area contributed by atoms with Gasteiger partial charge in [-0.05, 0) is 36.4 Å². The average molecular weight is 412 g/mol. The largest absolute Gasteiger partial charge is 0.497 e. The molecule has 1 fully saturated rings. The summed E-state index contributed by atoms with van der Waals surface area (Å²) >= 11 is 0. The van der Waals surface area contributed by atoms with Gasteiger partial charge < -0.3 is 30.9 Å². The van der Waals surface area contributed by atoms with E-state index in [0.717, 1.165) is 0 Å². The molecule has 2 heterocycles. The summed E-state index contributed by atoms with van der Waals surface area (Å²) < 4.78 is 5.06. The number of rotatable bonds is 7. The number of hydrogen-bond donors (Lipinski definition) is 4. The molecule has 4 N–H and O–H groups in total. The zero-order valence-corrected chi connectivity index (χ0v) is 16.6. The highest BCUT2D eigenvalue weighted by Gasteiger charge is 2.17. The Hall–Kier alpha value is -3.82. The first kappa shape index (κ1) is 20.9. The Labute approximate surface area is 174 Å². The Morgan fingerprint density at radius 3 is 2.57 bits per heavy atom. The van der Waals surface area contributed by atoms with Gasteiger partial charge in [0.2, 0.25) is 11.8 Å². The second-order valence-electron chi connectivity index (χ2n) is 6.58. The minimum absolute atomic E-state index is 0.0380. The third-order valence-corrected chi connectivity index (χ3v) is 4.38. The Morgan fingerprint density at radius 2 is 1.90 bits per heavy atom. The van der Waals surface area contributed by atoms with Crippen molar-refractivity contribution >= 4 is 35.0 Å². The predicted octanol–water partition coefficient (Wildman–Crippen LogP) is 1.18. The van der Waals surface area contributed by atoms with E-state index in [4.69, 9.17) is 4.74 Å². The lowest BCUT2D eigenvalue weighted by Gasteiger charge is -2.27. The highest BCUT2D eigenvalue weighted by atomic mass is 16.5. The lowest BCUT2D eigenvalue weighted by atomic mass is 10.3. The van der Waals surface area contributed by atoms with Crippen molar-refractivity contribution in [2.45, 2.75) is 6.42 Å². The molecule has 1 aromatic carbocycles. The van der Waals surface area contributed by atoms with Gasteiger partial charge in [-0.25, -0.2) is 9.78 Å². The number of ether oxygens (including phenoxy) is 1. The molecule has 10 heteroatoms. The number of anilines is 3. The van der Waals surface area contributed by atoms with Crippen molar-refractivity contribution in [2.24, 2.45) is 0 Å². The van der Waals surface area contributed by atoms with Crippen LogP contribution in [0.5, 0.6) is 5.75 Å². The van der Waals surface area contributed by atoms with Gasteiger partial charge in [-0.15, -0.1) is 0 Å². The topological polar surface area (TPSA) is 125 Å². The molecule has 1 aliphatic heterocycles. The molecule has 1 aliphatic rings. The Balaban J connectivity index is 1.38. The van der Waals surface area contributed by atoms with E-state index in [9.17, 15) is 14.4 Å². The van der Waals surface area contributed by atoms with Gasteiger partial charge >= 0.3 is 6.03 Å². The van der Waals surface area contributed by atoms with Crippen LogP contribution in [-0.2, 0) is 9.59 Å². The average Bonchev–Trinajstić information content (AvgIpc) is 2.75. The van der Waals surface area contributed by atoms with Crippen molar-refractivity contribution < 1.29 is 19.1 Å². The van der Waals surface area contributed by atoms with Crippen LogP contribution in [0.3, 0.4) is 0 Å². The number of urea groups is 1. The minimum atomic E-state index is -0.399. The van der Waals surface area contributed by atoms with E-state index >= 15 is 0 Å². The van der Waals surface area contributed by atoms with Crippen LogP contribution >= 0.6 is 0 Å². The first-order valence-corrected chi connectivity index (χ1v) is 9.50. The lowest BCUT2D eigenvalue weighted by molar-refractivity contribution is -0.120. The molecule has 0 bridgehead atoms. The number of carbonyl (C=O) groups excluding carboxylic acids is 3. The van der Waals surface area contributed by atoms with Crippen LogP contribution < -0.4 is 30.9 Å². The van der Waals surface area contributed by atoms with E-state index in [1.807, 2.05) is 4.90 Å². The van der Waals surface area contributed by atoms with Gasteiger partial charge in [-0.3, -0.25) is 9.59 Å². The molecule has 0 spiro atoms. The summed E-state index contributed by atoms with van der Waals surface area (Å²) in [4.78, 5) is 41.6. The molecule has 0 saturated carbocycles. The molecule has 30 heavy (non-hydrogen) atoms. The third kappa shape index (κ3) is 6.09. The Kier molecular flexibility index (Phi) is 7.04. The lowest BCUT2D eigenvalue weighted by Crippen LogP contribution is -2.48. The van der Waals surface area contributed by atoms with Crippen LogP contribution in [-0.4, -0.2) is 56.1 Å². The summed E-state index contributed by atoms with van der Waals surface area (Å²) in [5.74, 6) is 1.09. The summed E-state index contributed by atoms with van der Waals surface area (Å²) in [5.41, 5.74) is 1.17. The van der Waals surface area contributed by atoms with E-state index in [2.05, 4.69) is 26.3 Å². The van der Waals surface area contributed by atoms with Crippen LogP contribution in [0, 0.1) is 0 Å². The fraction of sp³-hybridized carbons (Fsp3) is 0.300. The summed E-state index contributed by atoms with van der Waals surface area (Å²) in [6.45, 7) is 1.72. The molecule has 1 aromatic heterocycles. The van der Waals surface area contributed by atoms with Gasteiger partial charge in [0.05, 0.1) is 25.5 Å². The van der Waals surface area contributed by atoms with Crippen LogP contribution in [0.15, 0.2) is 42.6 Å². The number of nitrogens with zero attached hydrogens (tertiary/aromatic N) is 2. The van der Waals surface area contributed by atoms with Crippen molar-refractivity contribution in [3.8, 4) is 5.75 Å². The molecule has 158 valence electrons. The maximum atomic E-state index is 12.1. The number of hydrogen-bond acceptors (Lipinski definition) is 6. The van der Waals surface area contributed by atoms with Gasteiger partial charge in [0.1, 0.15) is 11.6 Å². The third-order valence-electron chi connectivity index (χ3n) is 4.38. The van der Waals surface area contributed by atoms with E-state index in [1.54, 1.807) is 49.7 Å². The van der Waals surface area contributed by atoms with Crippen molar-refractivity contribution in [3.05, 3.63) is 42.6 Å². The number of piperazine rings is 1. The van der Waals surface area contributed by atoms with Crippen LogP contribution in [0.1, 0.15) is 6.42 Å². The molecule has 0 atom stereocenters. The van der Waals surface area contributed by atoms with Gasteiger partial charge in [-0.2, -0.15) is 0 Å². The molecule has 0 unspecified atom stereocenters. The number of nitrogens with one attached hydrogen (secondary N) is 4. The molecule has 0 radical (unpaired) electrons. The van der Waals surface area contributed by atoms with Gasteiger partial charge in [0, 0.05) is 31.7 Å². The second kappa shape index (κ2) is 10.1. The molecule has 10 nitrogen and oxygen atoms in total.